The summed E-state index contributed by atoms with van der Waals surface area (Å²) >= 11 is 0. The van der Waals surface area contributed by atoms with E-state index in [2.05, 4.69) is 9.88 Å². The number of rotatable bonds is 3. The maximum absolute atomic E-state index is 12.6. The van der Waals surface area contributed by atoms with Gasteiger partial charge in [0.1, 0.15) is 5.75 Å². The van der Waals surface area contributed by atoms with Crippen LogP contribution in [0.5, 0.6) is 5.75 Å². The lowest BCUT2D eigenvalue weighted by Gasteiger charge is -2.35. The Morgan fingerprint density at radius 2 is 1.96 bits per heavy atom. The minimum Gasteiger partial charge on any atom is -0.508 e. The predicted molar refractivity (Wildman–Crippen MR) is 88.3 cm³/mol. The summed E-state index contributed by atoms with van der Waals surface area (Å²) in [5.41, 5.74) is 2.56. The second-order valence-electron chi connectivity index (χ2n) is 5.87. The number of phenols is 1. The molecular formula is C18H21N3O2. The fourth-order valence-corrected chi connectivity index (χ4v) is 2.90. The molecule has 1 aliphatic rings. The second kappa shape index (κ2) is 6.79. The lowest BCUT2D eigenvalue weighted by atomic mass is 10.1. The summed E-state index contributed by atoms with van der Waals surface area (Å²) in [6.45, 7) is 5.76. The van der Waals surface area contributed by atoms with Crippen LogP contribution in [0.25, 0.3) is 0 Å². The highest BCUT2D eigenvalue weighted by Crippen LogP contribution is 2.15. The molecule has 1 aliphatic heterocycles. The van der Waals surface area contributed by atoms with E-state index in [1.807, 2.05) is 30.0 Å². The fraction of sp³-hybridized carbons (Fsp3) is 0.333. The van der Waals surface area contributed by atoms with Gasteiger partial charge in [-0.3, -0.25) is 14.7 Å². The van der Waals surface area contributed by atoms with E-state index in [-0.39, 0.29) is 5.91 Å². The average Bonchev–Trinajstić information content (AvgIpc) is 2.55. The van der Waals surface area contributed by atoms with Crippen molar-refractivity contribution in [1.82, 2.24) is 14.8 Å². The quantitative estimate of drug-likeness (QED) is 0.942. The molecule has 1 fully saturated rings. The molecule has 120 valence electrons. The van der Waals surface area contributed by atoms with Crippen LogP contribution in [0.2, 0.25) is 0 Å². The Bertz CT molecular complexity index is 694. The normalized spacial score (nSPS) is 15.6. The molecule has 0 aliphatic carbocycles. The highest BCUT2D eigenvalue weighted by molar-refractivity contribution is 5.95. The number of benzene rings is 1. The highest BCUT2D eigenvalue weighted by Gasteiger charge is 2.23. The van der Waals surface area contributed by atoms with Crippen molar-refractivity contribution < 1.29 is 9.90 Å². The molecule has 1 saturated heterocycles. The zero-order valence-corrected chi connectivity index (χ0v) is 13.3. The Balaban J connectivity index is 1.58. The summed E-state index contributed by atoms with van der Waals surface area (Å²) in [7, 11) is 0. The summed E-state index contributed by atoms with van der Waals surface area (Å²) < 4.78 is 0. The molecule has 23 heavy (non-hydrogen) atoms. The molecule has 1 amide bonds. The first-order valence-electron chi connectivity index (χ1n) is 7.84. The third kappa shape index (κ3) is 3.68. The van der Waals surface area contributed by atoms with E-state index in [9.17, 15) is 9.90 Å². The zero-order chi connectivity index (χ0) is 16.2. The predicted octanol–water partition coefficient (Wildman–Crippen LogP) is 2.05. The van der Waals surface area contributed by atoms with Crippen LogP contribution in [0.4, 0.5) is 0 Å². The van der Waals surface area contributed by atoms with Crippen LogP contribution in [0.3, 0.4) is 0 Å². The number of piperazine rings is 1. The van der Waals surface area contributed by atoms with Gasteiger partial charge in [-0.1, -0.05) is 12.1 Å². The molecule has 0 radical (unpaired) electrons. The van der Waals surface area contributed by atoms with Crippen LogP contribution in [-0.2, 0) is 6.54 Å². The maximum Gasteiger partial charge on any atom is 0.255 e. The van der Waals surface area contributed by atoms with Crippen molar-refractivity contribution in [1.29, 1.82) is 0 Å². The van der Waals surface area contributed by atoms with Crippen LogP contribution in [-0.4, -0.2) is 52.0 Å². The third-order valence-corrected chi connectivity index (χ3v) is 4.21. The Labute approximate surface area is 136 Å². The lowest BCUT2D eigenvalue weighted by Crippen LogP contribution is -2.48. The van der Waals surface area contributed by atoms with E-state index in [0.717, 1.165) is 30.9 Å². The van der Waals surface area contributed by atoms with Crippen LogP contribution >= 0.6 is 0 Å². The van der Waals surface area contributed by atoms with Gasteiger partial charge in [0.05, 0.1) is 5.56 Å². The second-order valence-corrected chi connectivity index (χ2v) is 5.87. The largest absolute Gasteiger partial charge is 0.508 e. The summed E-state index contributed by atoms with van der Waals surface area (Å²) in [5.74, 6) is 0.357. The number of hydrogen-bond acceptors (Lipinski definition) is 4. The highest BCUT2D eigenvalue weighted by atomic mass is 16.3. The molecule has 2 aromatic rings. The van der Waals surface area contributed by atoms with Gasteiger partial charge < -0.3 is 10.0 Å². The van der Waals surface area contributed by atoms with E-state index in [1.165, 1.54) is 0 Å². The van der Waals surface area contributed by atoms with E-state index in [4.69, 9.17) is 0 Å². The van der Waals surface area contributed by atoms with E-state index < -0.39 is 0 Å². The van der Waals surface area contributed by atoms with Gasteiger partial charge in [0.15, 0.2) is 0 Å². The van der Waals surface area contributed by atoms with Crippen LogP contribution in [0, 0.1) is 6.92 Å². The molecule has 0 atom stereocenters. The number of aromatic nitrogens is 1. The summed E-state index contributed by atoms with van der Waals surface area (Å²) in [4.78, 5) is 20.9. The van der Waals surface area contributed by atoms with Crippen molar-refractivity contribution in [2.75, 3.05) is 26.2 Å². The van der Waals surface area contributed by atoms with Crippen molar-refractivity contribution in [2.45, 2.75) is 13.5 Å². The number of phenolic OH excluding ortho intramolecular Hbond substituents is 1. The topological polar surface area (TPSA) is 56.7 Å². The van der Waals surface area contributed by atoms with Crippen molar-refractivity contribution >= 4 is 5.91 Å². The van der Waals surface area contributed by atoms with Gasteiger partial charge >= 0.3 is 0 Å². The Morgan fingerprint density at radius 3 is 2.65 bits per heavy atom. The van der Waals surface area contributed by atoms with Crippen LogP contribution < -0.4 is 0 Å². The number of amides is 1. The van der Waals surface area contributed by atoms with E-state index >= 15 is 0 Å². The summed E-state index contributed by atoms with van der Waals surface area (Å²) in [6.07, 6.45) is 1.71. The van der Waals surface area contributed by atoms with Gasteiger partial charge in [-0.2, -0.15) is 0 Å². The zero-order valence-electron chi connectivity index (χ0n) is 13.3. The molecule has 1 aromatic heterocycles. The number of nitrogens with zero attached hydrogens (tertiary/aromatic N) is 3. The van der Waals surface area contributed by atoms with Crippen molar-refractivity contribution in [3.63, 3.8) is 0 Å². The lowest BCUT2D eigenvalue weighted by molar-refractivity contribution is 0.0627. The summed E-state index contributed by atoms with van der Waals surface area (Å²) in [5, 5.41) is 9.53. The third-order valence-electron chi connectivity index (χ3n) is 4.21. The molecule has 5 heteroatoms. The minimum absolute atomic E-state index is 0.0626. The van der Waals surface area contributed by atoms with Gasteiger partial charge in [0.2, 0.25) is 0 Å². The maximum atomic E-state index is 12.6. The molecule has 0 saturated carbocycles. The molecule has 1 N–H and O–H groups in total. The number of carbonyl (C=O) groups excluding carboxylic acids is 1. The van der Waals surface area contributed by atoms with Gasteiger partial charge in [-0.25, -0.2) is 0 Å². The molecule has 5 nitrogen and oxygen atoms in total. The first-order chi connectivity index (χ1) is 11.1. The molecule has 2 heterocycles. The van der Waals surface area contributed by atoms with Crippen molar-refractivity contribution in [3.05, 3.63) is 59.4 Å². The van der Waals surface area contributed by atoms with Gasteiger partial charge in [-0.05, 0) is 36.8 Å². The molecule has 0 spiro atoms. The van der Waals surface area contributed by atoms with Crippen molar-refractivity contribution in [2.24, 2.45) is 0 Å². The molecular weight excluding hydrogens is 290 g/mol. The summed E-state index contributed by atoms with van der Waals surface area (Å²) in [6, 6.07) is 11.0. The van der Waals surface area contributed by atoms with Gasteiger partial charge in [-0.15, -0.1) is 0 Å². The van der Waals surface area contributed by atoms with Crippen molar-refractivity contribution in [3.8, 4) is 5.75 Å². The fourth-order valence-electron chi connectivity index (χ4n) is 2.90. The van der Waals surface area contributed by atoms with Gasteiger partial charge in [0.25, 0.3) is 5.91 Å². The minimum atomic E-state index is 0.0626. The number of carbonyl (C=O) groups is 1. The first kappa shape index (κ1) is 15.5. The molecule has 1 aromatic carbocycles. The van der Waals surface area contributed by atoms with Crippen LogP contribution in [0.1, 0.15) is 21.6 Å². The standard InChI is InChI=1S/C18H21N3O2/c1-14-17(6-3-7-19-14)18(23)21-10-8-20(9-11-21)13-15-4-2-5-16(22)12-15/h2-7,12,22H,8-11,13H2,1H3. The SMILES string of the molecule is Cc1ncccc1C(=O)N1CCN(Cc2cccc(O)c2)CC1. The number of aromatic hydroxyl groups is 1. The Kier molecular flexibility index (Phi) is 4.57. The number of hydrogen-bond donors (Lipinski definition) is 1. The average molecular weight is 311 g/mol. The molecule has 3 rings (SSSR count). The number of aryl methyl sites for hydroxylation is 1. The number of pyridine rings is 1. The van der Waals surface area contributed by atoms with Crippen LogP contribution in [0.15, 0.2) is 42.6 Å². The van der Waals surface area contributed by atoms with E-state index in [0.29, 0.717) is 24.4 Å². The smallest absolute Gasteiger partial charge is 0.255 e. The Hall–Kier alpha value is -2.40. The first-order valence-corrected chi connectivity index (χ1v) is 7.84. The Morgan fingerprint density at radius 1 is 1.17 bits per heavy atom. The van der Waals surface area contributed by atoms with Gasteiger partial charge in [0, 0.05) is 44.6 Å². The molecule has 0 unspecified atom stereocenters. The molecule has 0 bridgehead atoms. The van der Waals surface area contributed by atoms with E-state index in [1.54, 1.807) is 24.4 Å². The monoisotopic (exact) mass is 311 g/mol.